The van der Waals surface area contributed by atoms with Crippen LogP contribution in [0.3, 0.4) is 0 Å². The second kappa shape index (κ2) is 5.91. The highest BCUT2D eigenvalue weighted by Crippen LogP contribution is 2.38. The highest BCUT2D eigenvalue weighted by Gasteiger charge is 2.23. The molecule has 7 heteroatoms. The molecule has 1 atom stereocenters. The third kappa shape index (κ3) is 2.69. The molecule has 21 heavy (non-hydrogen) atoms. The van der Waals surface area contributed by atoms with Gasteiger partial charge in [0, 0.05) is 5.56 Å². The number of methoxy groups -OCH3 is 2. The van der Waals surface area contributed by atoms with Crippen molar-refractivity contribution in [3.05, 3.63) is 23.0 Å². The molecule has 2 heterocycles. The minimum atomic E-state index is 0.141. The second-order valence-electron chi connectivity index (χ2n) is 4.80. The molecule has 6 nitrogen and oxygen atoms in total. The van der Waals surface area contributed by atoms with E-state index in [9.17, 15) is 0 Å². The van der Waals surface area contributed by atoms with E-state index in [4.69, 9.17) is 25.6 Å². The van der Waals surface area contributed by atoms with Crippen LogP contribution in [0.1, 0.15) is 24.8 Å². The zero-order valence-electron chi connectivity index (χ0n) is 11.9. The fraction of sp³-hybridized carbons (Fsp3) is 0.429. The van der Waals surface area contributed by atoms with Gasteiger partial charge in [-0.15, -0.1) is 0 Å². The number of aromatic nitrogens is 2. The van der Waals surface area contributed by atoms with Crippen LogP contribution >= 0.6 is 11.6 Å². The van der Waals surface area contributed by atoms with Gasteiger partial charge in [0.05, 0.1) is 25.3 Å². The van der Waals surface area contributed by atoms with E-state index in [0.717, 1.165) is 24.9 Å². The van der Waals surface area contributed by atoms with Crippen LogP contribution < -0.4 is 14.8 Å². The molecule has 3 rings (SSSR count). The molecule has 1 aromatic heterocycles. The third-order valence-corrected chi connectivity index (χ3v) is 3.77. The van der Waals surface area contributed by atoms with Crippen LogP contribution in [-0.2, 0) is 0 Å². The van der Waals surface area contributed by atoms with Crippen LogP contribution in [0.25, 0.3) is 11.4 Å². The van der Waals surface area contributed by atoms with Gasteiger partial charge in [-0.25, -0.2) is 0 Å². The van der Waals surface area contributed by atoms with Gasteiger partial charge in [-0.2, -0.15) is 4.98 Å². The van der Waals surface area contributed by atoms with E-state index in [1.54, 1.807) is 26.4 Å². The Hall–Kier alpha value is -1.79. The zero-order valence-corrected chi connectivity index (χ0v) is 12.6. The first-order valence-corrected chi connectivity index (χ1v) is 7.09. The quantitative estimate of drug-likeness (QED) is 0.936. The Morgan fingerprint density at radius 1 is 1.33 bits per heavy atom. The molecule has 1 unspecified atom stereocenters. The van der Waals surface area contributed by atoms with Crippen LogP contribution in [-0.4, -0.2) is 30.9 Å². The first kappa shape index (κ1) is 14.2. The Balaban J connectivity index is 1.95. The number of ether oxygens (including phenoxy) is 2. The predicted octanol–water partition coefficient (Wildman–Crippen LogP) is 2.83. The Bertz CT molecular complexity index is 638. The minimum Gasteiger partial charge on any atom is -0.493 e. The molecule has 0 aliphatic carbocycles. The average molecular weight is 310 g/mol. The maximum Gasteiger partial charge on any atom is 0.244 e. The van der Waals surface area contributed by atoms with E-state index in [1.165, 1.54) is 0 Å². The molecule has 2 aromatic rings. The predicted molar refractivity (Wildman–Crippen MR) is 77.8 cm³/mol. The maximum atomic E-state index is 6.19. The van der Waals surface area contributed by atoms with Gasteiger partial charge in [0.2, 0.25) is 11.7 Å². The van der Waals surface area contributed by atoms with Crippen molar-refractivity contribution in [3.63, 3.8) is 0 Å². The standard InChI is InChI=1S/C14H16ClN3O3/c1-19-11-7-8(6-9(15)12(11)20-2)13-17-14(21-18-13)10-4-3-5-16-10/h6-7,10,16H,3-5H2,1-2H3. The Labute approximate surface area is 127 Å². The first-order valence-electron chi connectivity index (χ1n) is 6.72. The van der Waals surface area contributed by atoms with E-state index < -0.39 is 0 Å². The third-order valence-electron chi connectivity index (χ3n) is 3.49. The summed E-state index contributed by atoms with van der Waals surface area (Å²) < 4.78 is 15.8. The Morgan fingerprint density at radius 3 is 2.86 bits per heavy atom. The van der Waals surface area contributed by atoms with Gasteiger partial charge in [-0.1, -0.05) is 16.8 Å². The largest absolute Gasteiger partial charge is 0.493 e. The number of hydrogen-bond acceptors (Lipinski definition) is 6. The lowest BCUT2D eigenvalue weighted by atomic mass is 10.2. The van der Waals surface area contributed by atoms with Crippen molar-refractivity contribution in [2.45, 2.75) is 18.9 Å². The van der Waals surface area contributed by atoms with Crippen molar-refractivity contribution in [2.24, 2.45) is 0 Å². The summed E-state index contributed by atoms with van der Waals surface area (Å²) in [5.41, 5.74) is 0.727. The van der Waals surface area contributed by atoms with E-state index in [1.807, 2.05) is 0 Å². The summed E-state index contributed by atoms with van der Waals surface area (Å²) in [6, 6.07) is 3.66. The molecule has 0 spiro atoms. The molecule has 1 N–H and O–H groups in total. The summed E-state index contributed by atoms with van der Waals surface area (Å²) in [6.07, 6.45) is 2.12. The lowest BCUT2D eigenvalue weighted by Crippen LogP contribution is -2.12. The van der Waals surface area contributed by atoms with Gasteiger partial charge in [-0.05, 0) is 31.5 Å². The normalized spacial score (nSPS) is 18.0. The number of nitrogens with zero attached hydrogens (tertiary/aromatic N) is 2. The van der Waals surface area contributed by atoms with Crippen LogP contribution in [0.5, 0.6) is 11.5 Å². The molecule has 1 aliphatic rings. The van der Waals surface area contributed by atoms with Crippen LogP contribution in [0, 0.1) is 0 Å². The molecule has 112 valence electrons. The van der Waals surface area contributed by atoms with Crippen LogP contribution in [0.2, 0.25) is 5.02 Å². The molecule has 1 fully saturated rings. The van der Waals surface area contributed by atoms with Gasteiger partial charge in [-0.3, -0.25) is 0 Å². The fourth-order valence-corrected chi connectivity index (χ4v) is 2.72. The average Bonchev–Trinajstić information content (AvgIpc) is 3.16. The van der Waals surface area contributed by atoms with E-state index in [2.05, 4.69) is 15.5 Å². The SMILES string of the molecule is COc1cc(-c2noc(C3CCCN3)n2)cc(Cl)c1OC. The number of hydrogen-bond donors (Lipinski definition) is 1. The van der Waals surface area contributed by atoms with Gasteiger partial charge in [0.25, 0.3) is 0 Å². The van der Waals surface area contributed by atoms with Crippen molar-refractivity contribution in [1.29, 1.82) is 0 Å². The topological polar surface area (TPSA) is 69.4 Å². The van der Waals surface area contributed by atoms with Crippen LogP contribution in [0.4, 0.5) is 0 Å². The number of nitrogens with one attached hydrogen (secondary N) is 1. The summed E-state index contributed by atoms with van der Waals surface area (Å²) in [5.74, 6) is 2.12. The van der Waals surface area contributed by atoms with E-state index in [0.29, 0.717) is 28.2 Å². The van der Waals surface area contributed by atoms with Crippen molar-refractivity contribution in [3.8, 4) is 22.9 Å². The first-order chi connectivity index (χ1) is 10.2. The highest BCUT2D eigenvalue weighted by atomic mass is 35.5. The van der Waals surface area contributed by atoms with Gasteiger partial charge < -0.3 is 19.3 Å². The highest BCUT2D eigenvalue weighted by molar-refractivity contribution is 6.32. The molecular formula is C14H16ClN3O3. The number of benzene rings is 1. The molecule has 0 radical (unpaired) electrons. The van der Waals surface area contributed by atoms with Crippen molar-refractivity contribution >= 4 is 11.6 Å². The van der Waals surface area contributed by atoms with Crippen molar-refractivity contribution in [1.82, 2.24) is 15.5 Å². The van der Waals surface area contributed by atoms with Gasteiger partial charge >= 0.3 is 0 Å². The number of halogens is 1. The van der Waals surface area contributed by atoms with Gasteiger partial charge in [0.15, 0.2) is 11.5 Å². The lowest BCUT2D eigenvalue weighted by molar-refractivity contribution is 0.344. The van der Waals surface area contributed by atoms with E-state index >= 15 is 0 Å². The van der Waals surface area contributed by atoms with Crippen LogP contribution in [0.15, 0.2) is 16.7 Å². The molecule has 1 saturated heterocycles. The summed E-state index contributed by atoms with van der Waals surface area (Å²) in [7, 11) is 3.10. The Morgan fingerprint density at radius 2 is 2.19 bits per heavy atom. The minimum absolute atomic E-state index is 0.141. The van der Waals surface area contributed by atoms with Gasteiger partial charge in [0.1, 0.15) is 0 Å². The van der Waals surface area contributed by atoms with Crippen molar-refractivity contribution < 1.29 is 14.0 Å². The fourth-order valence-electron chi connectivity index (χ4n) is 2.44. The molecule has 0 saturated carbocycles. The number of rotatable bonds is 4. The lowest BCUT2D eigenvalue weighted by Gasteiger charge is -2.10. The van der Waals surface area contributed by atoms with Crippen molar-refractivity contribution in [2.75, 3.05) is 20.8 Å². The summed E-state index contributed by atoms with van der Waals surface area (Å²) in [4.78, 5) is 4.44. The molecule has 1 aliphatic heterocycles. The molecule has 0 bridgehead atoms. The monoisotopic (exact) mass is 309 g/mol. The smallest absolute Gasteiger partial charge is 0.244 e. The maximum absolute atomic E-state index is 6.19. The summed E-state index contributed by atoms with van der Waals surface area (Å²) >= 11 is 6.19. The Kier molecular flexibility index (Phi) is 3.98. The molecule has 1 aromatic carbocycles. The summed E-state index contributed by atoms with van der Waals surface area (Å²) in [6.45, 7) is 0.977. The molecular weight excluding hydrogens is 294 g/mol. The van der Waals surface area contributed by atoms with E-state index in [-0.39, 0.29) is 6.04 Å². The molecule has 0 amide bonds. The second-order valence-corrected chi connectivity index (χ2v) is 5.21. The summed E-state index contributed by atoms with van der Waals surface area (Å²) in [5, 5.41) is 7.79. The zero-order chi connectivity index (χ0) is 14.8.